The van der Waals surface area contributed by atoms with Gasteiger partial charge in [-0.3, -0.25) is 4.48 Å². The normalized spacial score (nSPS) is 15.9. The largest absolute Gasteiger partial charge is 0.277 e. The molecule has 1 heterocycles. The van der Waals surface area contributed by atoms with Crippen LogP contribution in [-0.2, 0) is 0 Å². The van der Waals surface area contributed by atoms with E-state index in [2.05, 4.69) is 20.8 Å². The van der Waals surface area contributed by atoms with Crippen molar-refractivity contribution >= 4 is 5.84 Å². The maximum Gasteiger partial charge on any atom is 0.198 e. The van der Waals surface area contributed by atoms with Crippen molar-refractivity contribution in [3.8, 4) is 0 Å². The van der Waals surface area contributed by atoms with Crippen LogP contribution in [0.3, 0.4) is 0 Å². The Hall–Kier alpha value is -0.370. The van der Waals surface area contributed by atoms with Crippen molar-refractivity contribution in [1.29, 1.82) is 0 Å². The predicted octanol–water partition coefficient (Wildman–Crippen LogP) is 8.30. The van der Waals surface area contributed by atoms with Gasteiger partial charge in [0.2, 0.25) is 0 Å². The highest BCUT2D eigenvalue weighted by Gasteiger charge is 2.35. The summed E-state index contributed by atoms with van der Waals surface area (Å²) in [7, 11) is 0. The van der Waals surface area contributed by atoms with Gasteiger partial charge in [-0.05, 0) is 19.3 Å². The zero-order valence-electron chi connectivity index (χ0n) is 20.0. The zero-order valence-corrected chi connectivity index (χ0v) is 20.0. The standard InChI is InChI=1S/C26H53N2/c1-4-7-8-9-10-11-12-13-14-15-16-17-18-19-20-21-26-27-22-25-28(26,23-5-2)24-6-3/h4-25H2,1-3H3/q+1. The van der Waals surface area contributed by atoms with Gasteiger partial charge in [-0.15, -0.1) is 0 Å². The average molecular weight is 394 g/mol. The van der Waals surface area contributed by atoms with Gasteiger partial charge < -0.3 is 0 Å². The molecule has 0 radical (unpaired) electrons. The Morgan fingerprint density at radius 3 is 1.43 bits per heavy atom. The first-order chi connectivity index (χ1) is 13.8. The van der Waals surface area contributed by atoms with Gasteiger partial charge >= 0.3 is 0 Å². The van der Waals surface area contributed by atoms with E-state index in [0.29, 0.717) is 0 Å². The average Bonchev–Trinajstić information content (AvgIpc) is 3.07. The van der Waals surface area contributed by atoms with Gasteiger partial charge in [0.05, 0.1) is 19.6 Å². The molecule has 1 aliphatic rings. The van der Waals surface area contributed by atoms with Crippen LogP contribution in [0.4, 0.5) is 0 Å². The van der Waals surface area contributed by atoms with E-state index in [9.17, 15) is 0 Å². The smallest absolute Gasteiger partial charge is 0.198 e. The number of hydrogen-bond acceptors (Lipinski definition) is 1. The summed E-state index contributed by atoms with van der Waals surface area (Å²) in [6, 6.07) is 0. The van der Waals surface area contributed by atoms with Crippen LogP contribution in [0, 0.1) is 0 Å². The number of nitrogens with zero attached hydrogens (tertiary/aromatic N) is 2. The quantitative estimate of drug-likeness (QED) is 0.146. The summed E-state index contributed by atoms with van der Waals surface area (Å²) in [5.41, 5.74) is 0. The molecule has 0 aromatic rings. The Kier molecular flexibility index (Phi) is 16.0. The molecule has 2 nitrogen and oxygen atoms in total. The van der Waals surface area contributed by atoms with Crippen molar-refractivity contribution in [2.24, 2.45) is 4.99 Å². The molecule has 1 rings (SSSR count). The molecule has 0 N–H and O–H groups in total. The van der Waals surface area contributed by atoms with Crippen LogP contribution in [0.25, 0.3) is 0 Å². The molecule has 0 saturated carbocycles. The highest BCUT2D eigenvalue weighted by Crippen LogP contribution is 2.22. The molecule has 0 amide bonds. The Balaban J connectivity index is 1.92. The molecule has 0 fully saturated rings. The Labute approximate surface area is 178 Å². The van der Waals surface area contributed by atoms with E-state index in [-0.39, 0.29) is 0 Å². The van der Waals surface area contributed by atoms with Crippen LogP contribution in [0.1, 0.15) is 136 Å². The Morgan fingerprint density at radius 2 is 1.00 bits per heavy atom. The molecular weight excluding hydrogens is 340 g/mol. The number of rotatable bonds is 20. The minimum Gasteiger partial charge on any atom is -0.277 e. The Bertz CT molecular complexity index is 369. The molecule has 0 saturated heterocycles. The van der Waals surface area contributed by atoms with E-state index >= 15 is 0 Å². The molecule has 1 aliphatic heterocycles. The van der Waals surface area contributed by atoms with Crippen LogP contribution < -0.4 is 0 Å². The predicted molar refractivity (Wildman–Crippen MR) is 127 cm³/mol. The third-order valence-electron chi connectivity index (χ3n) is 6.68. The van der Waals surface area contributed by atoms with Gasteiger partial charge in [0.1, 0.15) is 6.54 Å². The van der Waals surface area contributed by atoms with Crippen molar-refractivity contribution in [2.45, 2.75) is 136 Å². The number of hydrogen-bond donors (Lipinski definition) is 0. The minimum absolute atomic E-state index is 1.08. The van der Waals surface area contributed by atoms with E-state index in [1.165, 1.54) is 140 Å². The number of quaternary nitrogens is 1. The molecule has 0 aliphatic carbocycles. The Morgan fingerprint density at radius 1 is 0.571 bits per heavy atom. The molecular formula is C26H53N2+. The van der Waals surface area contributed by atoms with E-state index in [4.69, 9.17) is 4.99 Å². The minimum atomic E-state index is 1.08. The summed E-state index contributed by atoms with van der Waals surface area (Å²) < 4.78 is 1.23. The van der Waals surface area contributed by atoms with Crippen LogP contribution in [-0.4, -0.2) is 36.5 Å². The lowest BCUT2D eigenvalue weighted by molar-refractivity contribution is -0.836. The van der Waals surface area contributed by atoms with E-state index in [0.717, 1.165) is 6.54 Å². The van der Waals surface area contributed by atoms with Gasteiger partial charge in [0.15, 0.2) is 5.84 Å². The number of amidine groups is 1. The molecule has 0 aromatic carbocycles. The molecule has 2 heteroatoms. The molecule has 28 heavy (non-hydrogen) atoms. The van der Waals surface area contributed by atoms with Crippen molar-refractivity contribution in [1.82, 2.24) is 0 Å². The first kappa shape index (κ1) is 25.7. The summed E-state index contributed by atoms with van der Waals surface area (Å²) in [5, 5.41) is 0. The maximum absolute atomic E-state index is 4.92. The van der Waals surface area contributed by atoms with E-state index in [1.807, 2.05) is 0 Å². The molecule has 0 bridgehead atoms. The third-order valence-corrected chi connectivity index (χ3v) is 6.68. The van der Waals surface area contributed by atoms with Gasteiger partial charge in [0.25, 0.3) is 0 Å². The summed E-state index contributed by atoms with van der Waals surface area (Å²) in [6.45, 7) is 11.9. The summed E-state index contributed by atoms with van der Waals surface area (Å²) in [6.07, 6.45) is 25.5. The molecule has 0 unspecified atom stereocenters. The first-order valence-corrected chi connectivity index (χ1v) is 13.2. The van der Waals surface area contributed by atoms with Gasteiger partial charge in [0, 0.05) is 6.42 Å². The lowest BCUT2D eigenvalue weighted by Gasteiger charge is -2.34. The second-order valence-corrected chi connectivity index (χ2v) is 9.31. The molecule has 0 spiro atoms. The van der Waals surface area contributed by atoms with Crippen molar-refractivity contribution in [3.05, 3.63) is 0 Å². The van der Waals surface area contributed by atoms with E-state index < -0.39 is 0 Å². The highest BCUT2D eigenvalue weighted by atomic mass is 15.4. The zero-order chi connectivity index (χ0) is 20.3. The van der Waals surface area contributed by atoms with Crippen LogP contribution in [0.15, 0.2) is 4.99 Å². The summed E-state index contributed by atoms with van der Waals surface area (Å²) in [5.74, 6) is 1.54. The fourth-order valence-corrected chi connectivity index (χ4v) is 5.07. The van der Waals surface area contributed by atoms with E-state index in [1.54, 1.807) is 5.84 Å². The second-order valence-electron chi connectivity index (χ2n) is 9.31. The molecule has 0 aromatic heterocycles. The second kappa shape index (κ2) is 17.5. The van der Waals surface area contributed by atoms with Crippen LogP contribution in [0.2, 0.25) is 0 Å². The van der Waals surface area contributed by atoms with Crippen molar-refractivity contribution in [2.75, 3.05) is 26.2 Å². The summed E-state index contributed by atoms with van der Waals surface area (Å²) in [4.78, 5) is 4.92. The van der Waals surface area contributed by atoms with Gasteiger partial charge in [-0.2, -0.15) is 0 Å². The van der Waals surface area contributed by atoms with Gasteiger partial charge in [-0.1, -0.05) is 111 Å². The summed E-state index contributed by atoms with van der Waals surface area (Å²) >= 11 is 0. The third kappa shape index (κ3) is 11.0. The topological polar surface area (TPSA) is 12.4 Å². The highest BCUT2D eigenvalue weighted by molar-refractivity contribution is 5.76. The monoisotopic (exact) mass is 393 g/mol. The fraction of sp³-hybridized carbons (Fsp3) is 0.962. The lowest BCUT2D eigenvalue weighted by Crippen LogP contribution is -2.51. The van der Waals surface area contributed by atoms with Crippen LogP contribution >= 0.6 is 0 Å². The number of aliphatic imine (C=N–C) groups is 1. The molecule has 166 valence electrons. The maximum atomic E-state index is 4.92. The van der Waals surface area contributed by atoms with Crippen LogP contribution in [0.5, 0.6) is 0 Å². The fourth-order valence-electron chi connectivity index (χ4n) is 5.07. The first-order valence-electron chi connectivity index (χ1n) is 13.2. The lowest BCUT2D eigenvalue weighted by atomic mass is 10.0. The van der Waals surface area contributed by atoms with Crippen molar-refractivity contribution in [3.63, 3.8) is 0 Å². The molecule has 0 atom stereocenters. The number of unbranched alkanes of at least 4 members (excludes halogenated alkanes) is 14. The van der Waals surface area contributed by atoms with Gasteiger partial charge in [-0.25, -0.2) is 4.99 Å². The van der Waals surface area contributed by atoms with Crippen molar-refractivity contribution < 1.29 is 4.48 Å². The SMILES string of the molecule is CCCCCCCCCCCCCCCCCC1=NCC[N+]1(CCC)CCC.